The van der Waals surface area contributed by atoms with E-state index in [1.807, 2.05) is 47.2 Å². The molecule has 0 bridgehead atoms. The molecule has 0 N–H and O–H groups in total. The maximum atomic E-state index is 11.7. The minimum Gasteiger partial charge on any atom is -0.497 e. The molecule has 2 aromatic heterocycles. The van der Waals surface area contributed by atoms with Crippen LogP contribution in [0.15, 0.2) is 53.2 Å². The Balaban J connectivity index is 1.58. The highest BCUT2D eigenvalue weighted by molar-refractivity contribution is 7.13. The number of methoxy groups -OCH3 is 1. The van der Waals surface area contributed by atoms with Crippen LogP contribution >= 0.6 is 22.7 Å². The van der Waals surface area contributed by atoms with Crippen molar-refractivity contribution in [2.45, 2.75) is 6.61 Å². The van der Waals surface area contributed by atoms with Crippen LogP contribution in [0.2, 0.25) is 0 Å². The number of thiophene rings is 1. The van der Waals surface area contributed by atoms with Crippen LogP contribution < -0.4 is 4.74 Å². The lowest BCUT2D eigenvalue weighted by molar-refractivity contribution is -0.139. The lowest BCUT2D eigenvalue weighted by atomic mass is 10.2. The number of hydrogen-bond acceptors (Lipinski definition) is 6. The third-order valence-corrected chi connectivity index (χ3v) is 4.94. The number of ether oxygens (including phenoxy) is 2. The molecular formula is C18H15NO3S2. The first-order valence-electron chi connectivity index (χ1n) is 7.22. The Labute approximate surface area is 148 Å². The highest BCUT2D eigenvalue weighted by Gasteiger charge is 2.07. The van der Waals surface area contributed by atoms with Crippen molar-refractivity contribution in [3.63, 3.8) is 0 Å². The molecule has 0 unspecified atom stereocenters. The van der Waals surface area contributed by atoms with E-state index in [0.717, 1.165) is 26.9 Å². The van der Waals surface area contributed by atoms with Crippen LogP contribution in [0.4, 0.5) is 0 Å². The van der Waals surface area contributed by atoms with Gasteiger partial charge in [0.2, 0.25) is 0 Å². The summed E-state index contributed by atoms with van der Waals surface area (Å²) < 4.78 is 10.4. The average molecular weight is 357 g/mol. The van der Waals surface area contributed by atoms with E-state index in [2.05, 4.69) is 4.98 Å². The molecule has 122 valence electrons. The molecule has 0 aliphatic heterocycles. The predicted molar refractivity (Wildman–Crippen MR) is 97.3 cm³/mol. The van der Waals surface area contributed by atoms with Gasteiger partial charge in [-0.1, -0.05) is 18.2 Å². The molecule has 2 heterocycles. The zero-order valence-electron chi connectivity index (χ0n) is 13.0. The highest BCUT2D eigenvalue weighted by atomic mass is 32.1. The lowest BCUT2D eigenvalue weighted by Gasteiger charge is -2.01. The minimum atomic E-state index is -0.376. The van der Waals surface area contributed by atoms with Crippen molar-refractivity contribution in [2.24, 2.45) is 0 Å². The normalized spacial score (nSPS) is 10.9. The van der Waals surface area contributed by atoms with E-state index in [0.29, 0.717) is 0 Å². The standard InChI is InChI=1S/C18H15NO3S2/c1-21-15-5-2-4-13(10-15)18-19-14(12-24-18)11-22-17(20)8-7-16-6-3-9-23-16/h2-10,12H,11H2,1H3/b8-7+. The maximum Gasteiger partial charge on any atom is 0.331 e. The topological polar surface area (TPSA) is 48.4 Å². The Bertz CT molecular complexity index is 838. The van der Waals surface area contributed by atoms with E-state index < -0.39 is 0 Å². The summed E-state index contributed by atoms with van der Waals surface area (Å²) in [5, 5.41) is 4.72. The molecule has 0 spiro atoms. The van der Waals surface area contributed by atoms with E-state index in [4.69, 9.17) is 9.47 Å². The largest absolute Gasteiger partial charge is 0.497 e. The summed E-state index contributed by atoms with van der Waals surface area (Å²) in [6.07, 6.45) is 3.18. The second-order valence-corrected chi connectivity index (χ2v) is 6.67. The molecule has 0 radical (unpaired) electrons. The monoisotopic (exact) mass is 357 g/mol. The van der Waals surface area contributed by atoms with Crippen LogP contribution in [0.5, 0.6) is 5.75 Å². The molecule has 3 rings (SSSR count). The van der Waals surface area contributed by atoms with Crippen molar-refractivity contribution < 1.29 is 14.3 Å². The molecule has 0 aliphatic carbocycles. The predicted octanol–water partition coefficient (Wildman–Crippen LogP) is 4.64. The third-order valence-electron chi connectivity index (χ3n) is 3.16. The van der Waals surface area contributed by atoms with Crippen molar-refractivity contribution in [1.29, 1.82) is 0 Å². The second-order valence-electron chi connectivity index (χ2n) is 4.83. The molecule has 0 saturated heterocycles. The number of carbonyl (C=O) groups excluding carboxylic acids is 1. The Hall–Kier alpha value is -2.44. The zero-order chi connectivity index (χ0) is 16.8. The third kappa shape index (κ3) is 4.31. The van der Waals surface area contributed by atoms with Crippen LogP contribution in [0.1, 0.15) is 10.6 Å². The molecule has 1 aromatic carbocycles. The number of esters is 1. The quantitative estimate of drug-likeness (QED) is 0.476. The molecule has 0 atom stereocenters. The van der Waals surface area contributed by atoms with Crippen molar-refractivity contribution in [3.8, 4) is 16.3 Å². The van der Waals surface area contributed by atoms with Crippen LogP contribution in [-0.2, 0) is 16.1 Å². The zero-order valence-corrected chi connectivity index (χ0v) is 14.6. The van der Waals surface area contributed by atoms with E-state index in [9.17, 15) is 4.79 Å². The van der Waals surface area contributed by atoms with Gasteiger partial charge >= 0.3 is 5.97 Å². The number of aromatic nitrogens is 1. The first-order chi connectivity index (χ1) is 11.7. The first-order valence-corrected chi connectivity index (χ1v) is 8.98. The fourth-order valence-corrected chi connectivity index (χ4v) is 3.41. The maximum absolute atomic E-state index is 11.7. The van der Waals surface area contributed by atoms with Crippen molar-refractivity contribution in [3.05, 3.63) is 63.8 Å². The Morgan fingerprint density at radius 1 is 1.25 bits per heavy atom. The number of carbonyl (C=O) groups is 1. The van der Waals surface area contributed by atoms with Crippen molar-refractivity contribution in [1.82, 2.24) is 4.98 Å². The number of rotatable bonds is 6. The fraction of sp³-hybridized carbons (Fsp3) is 0.111. The first kappa shape index (κ1) is 16.4. The van der Waals surface area contributed by atoms with Gasteiger partial charge in [0.05, 0.1) is 12.8 Å². The highest BCUT2D eigenvalue weighted by Crippen LogP contribution is 2.27. The van der Waals surface area contributed by atoms with Crippen LogP contribution in [0.25, 0.3) is 16.6 Å². The van der Waals surface area contributed by atoms with Gasteiger partial charge in [-0.3, -0.25) is 0 Å². The van der Waals surface area contributed by atoms with E-state index >= 15 is 0 Å². The SMILES string of the molecule is COc1cccc(-c2nc(COC(=O)/C=C/c3cccs3)cs2)c1. The van der Waals surface area contributed by atoms with Crippen LogP contribution in [0, 0.1) is 0 Å². The van der Waals surface area contributed by atoms with E-state index in [1.54, 1.807) is 24.5 Å². The second kappa shape index (κ2) is 7.90. The molecule has 0 aliphatic rings. The molecule has 0 fully saturated rings. The number of nitrogens with zero attached hydrogens (tertiary/aromatic N) is 1. The van der Waals surface area contributed by atoms with Crippen molar-refractivity contribution >= 4 is 34.7 Å². The Morgan fingerprint density at radius 2 is 2.17 bits per heavy atom. The summed E-state index contributed by atoms with van der Waals surface area (Å²) in [5.74, 6) is 0.411. The Kier molecular flexibility index (Phi) is 5.40. The van der Waals surface area contributed by atoms with E-state index in [-0.39, 0.29) is 12.6 Å². The van der Waals surface area contributed by atoms with Gasteiger partial charge in [-0.15, -0.1) is 22.7 Å². The number of hydrogen-bond donors (Lipinski definition) is 0. The van der Waals surface area contributed by atoms with Crippen LogP contribution in [0.3, 0.4) is 0 Å². The lowest BCUT2D eigenvalue weighted by Crippen LogP contribution is -2.00. The fourth-order valence-electron chi connectivity index (χ4n) is 1.99. The smallest absolute Gasteiger partial charge is 0.331 e. The summed E-state index contributed by atoms with van der Waals surface area (Å²) in [4.78, 5) is 17.2. The summed E-state index contributed by atoms with van der Waals surface area (Å²) in [7, 11) is 1.63. The molecule has 0 amide bonds. The van der Waals surface area contributed by atoms with Crippen molar-refractivity contribution in [2.75, 3.05) is 7.11 Å². The number of benzene rings is 1. The molecule has 0 saturated carbocycles. The van der Waals surface area contributed by atoms with Gasteiger partial charge in [0.15, 0.2) is 0 Å². The summed E-state index contributed by atoms with van der Waals surface area (Å²) in [6.45, 7) is 0.161. The Morgan fingerprint density at radius 3 is 2.96 bits per heavy atom. The van der Waals surface area contributed by atoms with Gasteiger partial charge in [-0.2, -0.15) is 0 Å². The van der Waals surface area contributed by atoms with Gasteiger partial charge in [0.25, 0.3) is 0 Å². The summed E-state index contributed by atoms with van der Waals surface area (Å²) in [6, 6.07) is 11.6. The molecular weight excluding hydrogens is 342 g/mol. The average Bonchev–Trinajstić information content (AvgIpc) is 3.30. The molecule has 3 aromatic rings. The van der Waals surface area contributed by atoms with Crippen LogP contribution in [-0.4, -0.2) is 18.1 Å². The van der Waals surface area contributed by atoms with Gasteiger partial charge < -0.3 is 9.47 Å². The molecule has 6 heteroatoms. The summed E-state index contributed by atoms with van der Waals surface area (Å²) >= 11 is 3.08. The summed E-state index contributed by atoms with van der Waals surface area (Å²) in [5.41, 5.74) is 1.71. The molecule has 24 heavy (non-hydrogen) atoms. The van der Waals surface area contributed by atoms with Gasteiger partial charge in [-0.05, 0) is 29.7 Å². The number of thiazole rings is 1. The van der Waals surface area contributed by atoms with Gasteiger partial charge in [0.1, 0.15) is 17.4 Å². The minimum absolute atomic E-state index is 0.161. The van der Waals surface area contributed by atoms with Gasteiger partial charge in [-0.25, -0.2) is 9.78 Å². The van der Waals surface area contributed by atoms with Gasteiger partial charge in [0, 0.05) is 21.9 Å². The molecule has 4 nitrogen and oxygen atoms in total. The van der Waals surface area contributed by atoms with E-state index in [1.165, 1.54) is 17.4 Å².